The molecule has 4 aromatic rings. The van der Waals surface area contributed by atoms with Gasteiger partial charge in [-0.15, -0.1) is 20.4 Å². The monoisotopic (exact) mass is 992 g/mol. The maximum atomic E-state index is 15.3. The van der Waals surface area contributed by atoms with Gasteiger partial charge in [0.25, 0.3) is 0 Å². The zero-order chi connectivity index (χ0) is 50.0. The first-order chi connectivity index (χ1) is 29.8. The zero-order valence-electron chi connectivity index (χ0n) is 39.1. The fraction of sp³-hybridized carbons (Fsp3) is 0.333. The minimum absolute atomic E-state index is 0.445. The molecule has 18 heteroatoms. The second kappa shape index (κ2) is 18.1. The van der Waals surface area contributed by atoms with Gasteiger partial charge in [0.2, 0.25) is 13.4 Å². The predicted octanol–water partition coefficient (Wildman–Crippen LogP) is 15.5. The highest BCUT2D eigenvalue weighted by Crippen LogP contribution is 2.41. The van der Waals surface area contributed by atoms with E-state index in [1.54, 1.807) is 72.8 Å². The molecule has 0 unspecified atom stereocenters. The Morgan fingerprint density at radius 1 is 0.318 bits per heavy atom. The van der Waals surface area contributed by atoms with Gasteiger partial charge in [-0.2, -0.15) is 52.7 Å². The number of rotatable bonds is 6. The van der Waals surface area contributed by atoms with Crippen LogP contribution in [0.3, 0.4) is 0 Å². The molecule has 0 fully saturated rings. The molecule has 352 valence electrons. The molecule has 0 atom stereocenters. The minimum Gasteiger partial charge on any atom is -0.166 e. The molecule has 0 aliphatic carbocycles. The predicted molar refractivity (Wildman–Crippen MR) is 262 cm³/mol. The number of halogens is 12. The van der Waals surface area contributed by atoms with Crippen LogP contribution in [0.4, 0.5) is 52.7 Å². The van der Waals surface area contributed by atoms with Crippen LogP contribution in [0.2, 0.25) is 78.6 Å². The van der Waals surface area contributed by atoms with Crippen LogP contribution >= 0.6 is 0 Å². The van der Waals surface area contributed by atoms with E-state index in [9.17, 15) is 26.3 Å². The number of hydrogen-bond donors (Lipinski definition) is 0. The van der Waals surface area contributed by atoms with Crippen molar-refractivity contribution in [3.05, 3.63) is 150 Å². The van der Waals surface area contributed by atoms with E-state index < -0.39 is 104 Å². The summed E-state index contributed by atoms with van der Waals surface area (Å²) >= 11 is 0. The molecular formula is C48H54B2F12Si4. The first-order valence-electron chi connectivity index (χ1n) is 21.4. The third-order valence-corrected chi connectivity index (χ3v) is 20.6. The van der Waals surface area contributed by atoms with E-state index >= 15 is 26.3 Å². The lowest BCUT2D eigenvalue weighted by Gasteiger charge is -2.37. The zero-order valence-corrected chi connectivity index (χ0v) is 43.1. The summed E-state index contributed by atoms with van der Waals surface area (Å²) in [4.78, 5) is 0. The summed E-state index contributed by atoms with van der Waals surface area (Å²) in [5.41, 5.74) is -4.18. The van der Waals surface area contributed by atoms with Gasteiger partial charge in [0.05, 0.1) is 54.5 Å². The van der Waals surface area contributed by atoms with Gasteiger partial charge < -0.3 is 0 Å². The van der Waals surface area contributed by atoms with Crippen molar-refractivity contribution < 1.29 is 52.7 Å². The second-order valence-electron chi connectivity index (χ2n) is 21.1. The van der Waals surface area contributed by atoms with Gasteiger partial charge in [-0.1, -0.05) is 174 Å². The molecule has 0 nitrogen and oxygen atoms in total. The minimum atomic E-state index is -5.05. The van der Waals surface area contributed by atoms with Crippen molar-refractivity contribution in [2.45, 2.75) is 103 Å². The van der Waals surface area contributed by atoms with Crippen molar-refractivity contribution in [1.29, 1.82) is 0 Å². The van der Waals surface area contributed by atoms with Crippen LogP contribution in [0.5, 0.6) is 0 Å². The lowest BCUT2D eigenvalue weighted by molar-refractivity contribution is -0.140. The Morgan fingerprint density at radius 3 is 0.727 bits per heavy atom. The molecule has 0 aromatic heterocycles. The molecule has 0 bridgehead atoms. The lowest BCUT2D eigenvalue weighted by atomic mass is 9.42. The van der Waals surface area contributed by atoms with Crippen LogP contribution in [-0.2, 0) is 24.7 Å². The van der Waals surface area contributed by atoms with Gasteiger partial charge in [0, 0.05) is 0 Å². The van der Waals surface area contributed by atoms with Crippen LogP contribution in [0.15, 0.2) is 105 Å². The van der Waals surface area contributed by atoms with Crippen LogP contribution in [0, 0.1) is 0 Å². The van der Waals surface area contributed by atoms with Crippen molar-refractivity contribution in [2.75, 3.05) is 0 Å². The molecule has 0 spiro atoms. The highest BCUT2D eigenvalue weighted by Gasteiger charge is 2.48. The molecular weight excluding hydrogens is 938 g/mol. The molecule has 5 rings (SSSR count). The van der Waals surface area contributed by atoms with E-state index in [-0.39, 0.29) is 0 Å². The summed E-state index contributed by atoms with van der Waals surface area (Å²) in [6.07, 6.45) is -13.1. The molecule has 1 aliphatic heterocycles. The highest BCUT2D eigenvalue weighted by atomic mass is 28.3. The van der Waals surface area contributed by atoms with Crippen molar-refractivity contribution in [3.63, 3.8) is 0 Å². The smallest absolute Gasteiger partial charge is 0.166 e. The van der Waals surface area contributed by atoms with Crippen molar-refractivity contribution in [3.8, 4) is 0 Å². The maximum Gasteiger partial charge on any atom is 0.416 e. The van der Waals surface area contributed by atoms with E-state index in [1.807, 2.05) is 78.6 Å². The molecule has 1 heterocycles. The van der Waals surface area contributed by atoms with E-state index in [2.05, 4.69) is 0 Å². The Hall–Kier alpha value is -4.00. The van der Waals surface area contributed by atoms with E-state index in [1.165, 1.54) is 0 Å². The van der Waals surface area contributed by atoms with Crippen molar-refractivity contribution >= 4 is 81.0 Å². The lowest BCUT2D eigenvalue weighted by Crippen LogP contribution is -2.52. The van der Waals surface area contributed by atoms with Crippen molar-refractivity contribution in [2.24, 2.45) is 0 Å². The number of fused-ring (bicyclic) bond motifs is 2. The van der Waals surface area contributed by atoms with E-state index in [0.717, 1.165) is 0 Å². The second-order valence-corrected chi connectivity index (χ2v) is 41.4. The van der Waals surface area contributed by atoms with Crippen molar-refractivity contribution in [1.82, 2.24) is 0 Å². The first kappa shape index (κ1) is 53.0. The molecule has 0 N–H and O–H groups in total. The fourth-order valence-corrected chi connectivity index (χ4v) is 16.0. The largest absolute Gasteiger partial charge is 0.416 e. The Bertz CT molecular complexity index is 2310. The van der Waals surface area contributed by atoms with Crippen LogP contribution in [-0.4, -0.2) is 45.7 Å². The summed E-state index contributed by atoms with van der Waals surface area (Å²) in [6, 6.07) is 16.7. The number of alkyl halides is 12. The Kier molecular flexibility index (Phi) is 14.6. The fourth-order valence-electron chi connectivity index (χ4n) is 8.63. The molecule has 4 aromatic carbocycles. The molecule has 0 radical (unpaired) electrons. The maximum absolute atomic E-state index is 15.3. The van der Waals surface area contributed by atoms with Gasteiger partial charge in [-0.05, 0) is 46.5 Å². The SMILES string of the molecule is C[Si](C)(C)/C1=C\c2ccccc2/C=C(\[Si](C)(C)C)B(c2cc(C(F)(F)F)ccc2C(F)(F)F)/C([Si](C)(C)C)=C/c2ccccc2/C=C(\[Si](C)(C)C)B1c1cc(C(F)(F)F)ccc1C(F)(F)F. The Morgan fingerprint density at radius 2 is 0.545 bits per heavy atom. The number of benzene rings is 4. The first-order valence-corrected chi connectivity index (χ1v) is 35.4. The summed E-state index contributed by atoms with van der Waals surface area (Å²) in [5.74, 6) is 0. The van der Waals surface area contributed by atoms with Gasteiger partial charge >= 0.3 is 24.7 Å². The highest BCUT2D eigenvalue weighted by molar-refractivity contribution is 7.15. The third kappa shape index (κ3) is 12.0. The standard InChI is InChI=1S/C48H54B2F12Si4/c1-63(2,3)41-25-31-17-13-14-18-32(31)27-43(65(7,8)9)50(40-30-36(46(54,55)56)22-24-38(40)48(60,61)62)44(66(10,11)12)28-34-20-16-15-19-33(34)26-42(64(4,5)6)49(41)39-29-35(45(51,52)53)21-23-37(39)47(57,58)59/h13-30H,1-12H3/b41-25-,42-26-,43-27-,44-28-. The van der Waals surface area contributed by atoms with Crippen LogP contribution in [0.1, 0.15) is 44.5 Å². The Labute approximate surface area is 385 Å². The van der Waals surface area contributed by atoms with Gasteiger partial charge in [-0.25, -0.2) is 0 Å². The van der Waals surface area contributed by atoms with Gasteiger partial charge in [0.1, 0.15) is 0 Å². The van der Waals surface area contributed by atoms with E-state index in [0.29, 0.717) is 79.0 Å². The normalized spacial score (nSPS) is 18.7. The molecule has 0 saturated carbocycles. The molecule has 66 heavy (non-hydrogen) atoms. The third-order valence-electron chi connectivity index (χ3n) is 11.9. The number of hydrogen-bond acceptors (Lipinski definition) is 0. The summed E-state index contributed by atoms with van der Waals surface area (Å²) in [5, 5.41) is 1.94. The van der Waals surface area contributed by atoms with E-state index in [4.69, 9.17) is 0 Å². The van der Waals surface area contributed by atoms with Crippen LogP contribution in [0.25, 0.3) is 24.3 Å². The molecule has 0 saturated heterocycles. The van der Waals surface area contributed by atoms with Gasteiger partial charge in [0.15, 0.2) is 0 Å². The van der Waals surface area contributed by atoms with Gasteiger partial charge in [-0.3, -0.25) is 0 Å². The quantitative estimate of drug-likeness (QED) is 0.133. The summed E-state index contributed by atoms with van der Waals surface area (Å²) < 4.78 is 180. The van der Waals surface area contributed by atoms with Crippen LogP contribution < -0.4 is 10.9 Å². The average Bonchev–Trinajstić information content (AvgIpc) is 3.14. The average molecular weight is 993 g/mol. The molecule has 1 aliphatic rings. The topological polar surface area (TPSA) is 0 Å². The molecule has 0 amide bonds. The summed E-state index contributed by atoms with van der Waals surface area (Å²) in [7, 11) is -11.8. The summed E-state index contributed by atoms with van der Waals surface area (Å²) in [6.45, 7) is 20.3. The Balaban J connectivity index is 2.18.